The van der Waals surface area contributed by atoms with E-state index in [1.54, 1.807) is 17.0 Å². The molecule has 6 heteroatoms. The van der Waals surface area contributed by atoms with Crippen LogP contribution < -0.4 is 5.32 Å². The molecule has 1 N–H and O–H groups in total. The fourth-order valence-corrected chi connectivity index (χ4v) is 2.69. The zero-order valence-corrected chi connectivity index (χ0v) is 15.5. The van der Waals surface area contributed by atoms with Crippen molar-refractivity contribution in [3.05, 3.63) is 69.3 Å². The Labute approximate surface area is 154 Å². The van der Waals surface area contributed by atoms with Gasteiger partial charge in [-0.05, 0) is 37.5 Å². The molecule has 0 aliphatic carbocycles. The lowest BCUT2D eigenvalue weighted by atomic mass is 10.1. The zero-order valence-electron chi connectivity index (χ0n) is 15.5. The van der Waals surface area contributed by atoms with Crippen molar-refractivity contribution in [3.8, 4) is 0 Å². The lowest BCUT2D eigenvalue weighted by Crippen LogP contribution is -2.35. The van der Waals surface area contributed by atoms with E-state index in [0.717, 1.165) is 35.2 Å². The summed E-state index contributed by atoms with van der Waals surface area (Å²) in [7, 11) is 0. The summed E-state index contributed by atoms with van der Waals surface area (Å²) in [6, 6.07) is 12.1. The summed E-state index contributed by atoms with van der Waals surface area (Å²) < 4.78 is 0. The predicted molar refractivity (Wildman–Crippen MR) is 103 cm³/mol. The van der Waals surface area contributed by atoms with Crippen molar-refractivity contribution in [3.63, 3.8) is 0 Å². The van der Waals surface area contributed by atoms with Crippen molar-refractivity contribution < 1.29 is 9.72 Å². The standard InChI is InChI=1S/C20H25N3O3/c1-4-5-12-22(14-17-7-9-18(10-8-17)23(25)26)20(24)21-19-11-6-15(2)13-16(19)3/h6-11,13H,4-5,12,14H2,1-3H3,(H,21,24). The Morgan fingerprint density at radius 3 is 2.42 bits per heavy atom. The second-order valence-electron chi connectivity index (χ2n) is 6.45. The van der Waals surface area contributed by atoms with E-state index in [1.807, 2.05) is 32.0 Å². The first-order valence-corrected chi connectivity index (χ1v) is 8.77. The van der Waals surface area contributed by atoms with Gasteiger partial charge in [0.1, 0.15) is 0 Å². The van der Waals surface area contributed by atoms with Crippen LogP contribution in [0.5, 0.6) is 0 Å². The van der Waals surface area contributed by atoms with Gasteiger partial charge in [-0.1, -0.05) is 43.2 Å². The van der Waals surface area contributed by atoms with Gasteiger partial charge in [0, 0.05) is 30.9 Å². The van der Waals surface area contributed by atoms with Gasteiger partial charge < -0.3 is 10.2 Å². The highest BCUT2D eigenvalue weighted by molar-refractivity contribution is 5.90. The summed E-state index contributed by atoms with van der Waals surface area (Å²) in [4.78, 5) is 24.8. The molecular formula is C20H25N3O3. The lowest BCUT2D eigenvalue weighted by Gasteiger charge is -2.23. The van der Waals surface area contributed by atoms with E-state index >= 15 is 0 Å². The monoisotopic (exact) mass is 355 g/mol. The summed E-state index contributed by atoms with van der Waals surface area (Å²) >= 11 is 0. The number of benzene rings is 2. The third-order valence-corrected chi connectivity index (χ3v) is 4.21. The van der Waals surface area contributed by atoms with Gasteiger partial charge in [-0.3, -0.25) is 10.1 Å². The lowest BCUT2D eigenvalue weighted by molar-refractivity contribution is -0.384. The van der Waals surface area contributed by atoms with Crippen LogP contribution in [-0.2, 0) is 6.54 Å². The smallest absolute Gasteiger partial charge is 0.320 e. The minimum Gasteiger partial charge on any atom is -0.320 e. The molecule has 0 radical (unpaired) electrons. The van der Waals surface area contributed by atoms with Gasteiger partial charge >= 0.3 is 6.03 Å². The molecule has 138 valence electrons. The van der Waals surface area contributed by atoms with E-state index in [9.17, 15) is 14.9 Å². The van der Waals surface area contributed by atoms with Gasteiger partial charge in [0.05, 0.1) is 4.92 Å². The molecule has 2 rings (SSSR count). The van der Waals surface area contributed by atoms with Gasteiger partial charge in [0.15, 0.2) is 0 Å². The number of nitrogens with zero attached hydrogens (tertiary/aromatic N) is 2. The molecule has 0 bridgehead atoms. The van der Waals surface area contributed by atoms with Gasteiger partial charge in [-0.15, -0.1) is 0 Å². The number of hydrogen-bond donors (Lipinski definition) is 1. The highest BCUT2D eigenvalue weighted by atomic mass is 16.6. The Morgan fingerprint density at radius 2 is 1.85 bits per heavy atom. The van der Waals surface area contributed by atoms with Crippen molar-refractivity contribution in [2.24, 2.45) is 0 Å². The molecule has 2 aromatic rings. The van der Waals surface area contributed by atoms with E-state index in [1.165, 1.54) is 12.1 Å². The Balaban J connectivity index is 2.12. The largest absolute Gasteiger partial charge is 0.322 e. The molecule has 0 saturated heterocycles. The third-order valence-electron chi connectivity index (χ3n) is 4.21. The van der Waals surface area contributed by atoms with Gasteiger partial charge in [0.25, 0.3) is 5.69 Å². The van der Waals surface area contributed by atoms with Gasteiger partial charge in [0.2, 0.25) is 0 Å². The maximum absolute atomic E-state index is 12.7. The van der Waals surface area contributed by atoms with E-state index in [2.05, 4.69) is 12.2 Å². The molecule has 0 unspecified atom stereocenters. The van der Waals surface area contributed by atoms with Gasteiger partial charge in [-0.2, -0.15) is 0 Å². The minimum atomic E-state index is -0.425. The molecule has 6 nitrogen and oxygen atoms in total. The fourth-order valence-electron chi connectivity index (χ4n) is 2.69. The number of hydrogen-bond acceptors (Lipinski definition) is 3. The number of carbonyl (C=O) groups excluding carboxylic acids is 1. The minimum absolute atomic E-state index is 0.0496. The molecule has 0 fully saturated rings. The number of nitro benzene ring substituents is 1. The number of anilines is 1. The molecule has 2 amide bonds. The molecule has 0 heterocycles. The highest BCUT2D eigenvalue weighted by Crippen LogP contribution is 2.18. The van der Waals surface area contributed by atoms with Crippen molar-refractivity contribution in [2.45, 2.75) is 40.2 Å². The molecular weight excluding hydrogens is 330 g/mol. The Hall–Kier alpha value is -2.89. The van der Waals surface area contributed by atoms with Crippen molar-refractivity contribution in [2.75, 3.05) is 11.9 Å². The van der Waals surface area contributed by atoms with Crippen LogP contribution in [0.3, 0.4) is 0 Å². The number of amides is 2. The van der Waals surface area contributed by atoms with Crippen LogP contribution in [0.1, 0.15) is 36.5 Å². The number of urea groups is 1. The number of non-ortho nitro benzene ring substituents is 1. The first kappa shape index (κ1) is 19.4. The summed E-state index contributed by atoms with van der Waals surface area (Å²) in [5, 5.41) is 13.7. The van der Waals surface area contributed by atoms with Crippen molar-refractivity contribution in [1.29, 1.82) is 0 Å². The number of nitro groups is 1. The van der Waals surface area contributed by atoms with E-state index in [0.29, 0.717) is 13.1 Å². The van der Waals surface area contributed by atoms with Gasteiger partial charge in [-0.25, -0.2) is 4.79 Å². The second kappa shape index (κ2) is 8.99. The first-order valence-electron chi connectivity index (χ1n) is 8.77. The van der Waals surface area contributed by atoms with Crippen LogP contribution in [0.15, 0.2) is 42.5 Å². The summed E-state index contributed by atoms with van der Waals surface area (Å²) in [6.07, 6.45) is 1.88. The van der Waals surface area contributed by atoms with Crippen molar-refractivity contribution >= 4 is 17.4 Å². The van der Waals surface area contributed by atoms with E-state index in [-0.39, 0.29) is 11.7 Å². The number of carbonyl (C=O) groups is 1. The zero-order chi connectivity index (χ0) is 19.1. The van der Waals surface area contributed by atoms with Crippen LogP contribution in [0.2, 0.25) is 0 Å². The van der Waals surface area contributed by atoms with Crippen LogP contribution in [0.4, 0.5) is 16.2 Å². The summed E-state index contributed by atoms with van der Waals surface area (Å²) in [6.45, 7) is 7.10. The highest BCUT2D eigenvalue weighted by Gasteiger charge is 2.15. The molecule has 0 saturated carbocycles. The Bertz CT molecular complexity index is 772. The predicted octanol–water partition coefficient (Wildman–Crippen LogP) is 5.05. The average molecular weight is 355 g/mol. The quantitative estimate of drug-likeness (QED) is 0.558. The number of nitrogens with one attached hydrogen (secondary N) is 1. The maximum atomic E-state index is 12.7. The molecule has 26 heavy (non-hydrogen) atoms. The third kappa shape index (κ3) is 5.31. The van der Waals surface area contributed by atoms with Crippen LogP contribution in [0.25, 0.3) is 0 Å². The van der Waals surface area contributed by atoms with E-state index in [4.69, 9.17) is 0 Å². The Kier molecular flexibility index (Phi) is 6.72. The topological polar surface area (TPSA) is 75.5 Å². The summed E-state index contributed by atoms with van der Waals surface area (Å²) in [5.74, 6) is 0. The average Bonchev–Trinajstić information content (AvgIpc) is 2.61. The van der Waals surface area contributed by atoms with E-state index < -0.39 is 4.92 Å². The molecule has 0 atom stereocenters. The van der Waals surface area contributed by atoms with Crippen molar-refractivity contribution in [1.82, 2.24) is 4.90 Å². The molecule has 0 aliphatic heterocycles. The molecule has 0 spiro atoms. The number of rotatable bonds is 7. The first-order chi connectivity index (χ1) is 12.4. The number of unbranched alkanes of at least 4 members (excludes halogenated alkanes) is 1. The normalized spacial score (nSPS) is 10.4. The summed E-state index contributed by atoms with van der Waals surface area (Å²) in [5.41, 5.74) is 3.88. The second-order valence-corrected chi connectivity index (χ2v) is 6.45. The Morgan fingerprint density at radius 1 is 1.15 bits per heavy atom. The van der Waals surface area contributed by atoms with Crippen LogP contribution in [-0.4, -0.2) is 22.4 Å². The maximum Gasteiger partial charge on any atom is 0.322 e. The van der Waals surface area contributed by atoms with Crippen LogP contribution in [0, 0.1) is 24.0 Å². The van der Waals surface area contributed by atoms with Crippen LogP contribution >= 0.6 is 0 Å². The fraction of sp³-hybridized carbons (Fsp3) is 0.350. The molecule has 2 aromatic carbocycles. The molecule has 0 aliphatic rings. The molecule has 0 aromatic heterocycles. The SMILES string of the molecule is CCCCN(Cc1ccc([N+](=O)[O-])cc1)C(=O)Nc1ccc(C)cc1C. The number of aryl methyl sites for hydroxylation is 2.